The van der Waals surface area contributed by atoms with E-state index in [0.717, 1.165) is 5.56 Å². The predicted octanol–water partition coefficient (Wildman–Crippen LogP) is 2.43. The van der Waals surface area contributed by atoms with Gasteiger partial charge in [-0.1, -0.05) is 13.8 Å². The van der Waals surface area contributed by atoms with Crippen molar-refractivity contribution < 1.29 is 33.4 Å². The van der Waals surface area contributed by atoms with Gasteiger partial charge < -0.3 is 19.0 Å². The molecule has 7 atom stereocenters. The lowest BCUT2D eigenvalue weighted by molar-refractivity contribution is -0.207. The molecule has 1 aromatic heterocycles. The normalized spacial score (nSPS) is 42.9. The van der Waals surface area contributed by atoms with E-state index in [4.69, 9.17) is 13.9 Å². The fraction of sp³-hybridized carbons (Fsp3) is 0.667. The van der Waals surface area contributed by atoms with Gasteiger partial charge >= 0.3 is 11.9 Å². The molecule has 4 rings (SSSR count). The molecule has 3 aliphatic rings. The van der Waals surface area contributed by atoms with Gasteiger partial charge in [0.2, 0.25) is 0 Å². The monoisotopic (exact) mass is 390 g/mol. The highest BCUT2D eigenvalue weighted by Gasteiger charge is 2.67. The van der Waals surface area contributed by atoms with Crippen LogP contribution in [0.25, 0.3) is 0 Å². The number of esters is 2. The second-order valence-electron chi connectivity index (χ2n) is 8.95. The number of carbonyl (C=O) groups is 3. The van der Waals surface area contributed by atoms with Crippen LogP contribution in [0, 0.1) is 28.6 Å². The molecular formula is C21H26O7. The number of hydrogen-bond donors (Lipinski definition) is 1. The third-order valence-electron chi connectivity index (χ3n) is 7.52. The molecule has 7 nitrogen and oxygen atoms in total. The van der Waals surface area contributed by atoms with Crippen molar-refractivity contribution >= 4 is 17.7 Å². The van der Waals surface area contributed by atoms with E-state index in [-0.39, 0.29) is 18.2 Å². The lowest BCUT2D eigenvalue weighted by Gasteiger charge is -2.60. The van der Waals surface area contributed by atoms with Crippen LogP contribution < -0.4 is 0 Å². The van der Waals surface area contributed by atoms with Gasteiger partial charge in [0.15, 0.2) is 5.78 Å². The summed E-state index contributed by atoms with van der Waals surface area (Å²) in [5.41, 5.74) is -0.656. The van der Waals surface area contributed by atoms with Gasteiger partial charge in [-0.2, -0.15) is 0 Å². The zero-order chi connectivity index (χ0) is 20.3. The summed E-state index contributed by atoms with van der Waals surface area (Å²) in [6.07, 6.45) is 2.88. The fourth-order valence-electron chi connectivity index (χ4n) is 6.17. The topological polar surface area (TPSA) is 103 Å². The summed E-state index contributed by atoms with van der Waals surface area (Å²) in [6.45, 7) is 3.86. The van der Waals surface area contributed by atoms with Gasteiger partial charge in [-0.05, 0) is 42.6 Å². The van der Waals surface area contributed by atoms with E-state index in [1.165, 1.54) is 13.4 Å². The Labute approximate surface area is 163 Å². The Balaban J connectivity index is 1.79. The van der Waals surface area contributed by atoms with Gasteiger partial charge in [0, 0.05) is 11.5 Å². The van der Waals surface area contributed by atoms with Crippen molar-refractivity contribution in [3.8, 4) is 0 Å². The summed E-state index contributed by atoms with van der Waals surface area (Å²) < 4.78 is 15.8. The lowest BCUT2D eigenvalue weighted by atomic mass is 9.43. The largest absolute Gasteiger partial charge is 0.472 e. The minimum atomic E-state index is -1.23. The van der Waals surface area contributed by atoms with Gasteiger partial charge in [0.1, 0.15) is 12.2 Å². The van der Waals surface area contributed by atoms with Gasteiger partial charge in [0.05, 0.1) is 31.5 Å². The number of cyclic esters (lactones) is 1. The van der Waals surface area contributed by atoms with Crippen LogP contribution in [0.4, 0.5) is 0 Å². The number of fused-ring (bicyclic) bond motifs is 3. The first-order valence-electron chi connectivity index (χ1n) is 9.74. The van der Waals surface area contributed by atoms with E-state index in [1.54, 1.807) is 12.3 Å². The summed E-state index contributed by atoms with van der Waals surface area (Å²) in [5.74, 6) is -2.68. The molecule has 1 aliphatic heterocycles. The standard InChI is InChI=1S/C21H26O7/c1-20-6-4-12-19(25)28-15(11-5-7-27-10-11)9-21(12,2)17(20)16(23)14(22)8-13(20)18(24)26-3/h5,7,10,12-15,17,22H,4,6,8-9H2,1-3H3/t12?,13-,14+,15+,17?,20-,21-/m0/s1. The Morgan fingerprint density at radius 3 is 2.68 bits per heavy atom. The van der Waals surface area contributed by atoms with Crippen LogP contribution >= 0.6 is 0 Å². The third kappa shape index (κ3) is 2.55. The highest BCUT2D eigenvalue weighted by molar-refractivity contribution is 5.91. The molecule has 3 fully saturated rings. The first-order chi connectivity index (χ1) is 13.2. The first-order valence-corrected chi connectivity index (χ1v) is 9.74. The maximum absolute atomic E-state index is 13.2. The second-order valence-corrected chi connectivity index (χ2v) is 8.95. The molecule has 0 radical (unpaired) electrons. The highest BCUT2D eigenvalue weighted by atomic mass is 16.5. The van der Waals surface area contributed by atoms with E-state index in [2.05, 4.69) is 0 Å². The molecule has 1 aromatic rings. The van der Waals surface area contributed by atoms with Gasteiger partial charge in [-0.15, -0.1) is 0 Å². The number of hydrogen-bond acceptors (Lipinski definition) is 7. The van der Waals surface area contributed by atoms with Crippen LogP contribution in [0.5, 0.6) is 0 Å². The van der Waals surface area contributed by atoms with Gasteiger partial charge in [-0.3, -0.25) is 14.4 Å². The molecule has 28 heavy (non-hydrogen) atoms. The van der Waals surface area contributed by atoms with E-state index in [1.807, 2.05) is 13.8 Å². The number of furan rings is 1. The van der Waals surface area contributed by atoms with Crippen LogP contribution in [0.3, 0.4) is 0 Å². The van der Waals surface area contributed by atoms with E-state index < -0.39 is 46.8 Å². The van der Waals surface area contributed by atoms with Crippen molar-refractivity contribution in [3.05, 3.63) is 24.2 Å². The molecule has 0 spiro atoms. The van der Waals surface area contributed by atoms with Crippen molar-refractivity contribution in [1.82, 2.24) is 0 Å². The Morgan fingerprint density at radius 1 is 1.29 bits per heavy atom. The van der Waals surface area contributed by atoms with Crippen LogP contribution in [0.2, 0.25) is 0 Å². The number of methoxy groups -OCH3 is 1. The average Bonchev–Trinajstić information content (AvgIpc) is 3.18. The highest BCUT2D eigenvalue weighted by Crippen LogP contribution is 2.64. The maximum atomic E-state index is 13.2. The second kappa shape index (κ2) is 6.44. The van der Waals surface area contributed by atoms with Crippen molar-refractivity contribution in [2.75, 3.05) is 7.11 Å². The van der Waals surface area contributed by atoms with Crippen molar-refractivity contribution in [1.29, 1.82) is 0 Å². The Morgan fingerprint density at radius 2 is 2.04 bits per heavy atom. The summed E-state index contributed by atoms with van der Waals surface area (Å²) in [6, 6.07) is 1.75. The molecule has 7 heteroatoms. The first kappa shape index (κ1) is 19.2. The Hall–Kier alpha value is -2.15. The van der Waals surface area contributed by atoms with E-state index in [0.29, 0.717) is 19.3 Å². The number of ether oxygens (including phenoxy) is 2. The molecular weight excluding hydrogens is 364 g/mol. The molecule has 0 bridgehead atoms. The summed E-state index contributed by atoms with van der Waals surface area (Å²) >= 11 is 0. The minimum Gasteiger partial charge on any atom is -0.472 e. The molecule has 1 saturated heterocycles. The van der Waals surface area contributed by atoms with Crippen molar-refractivity contribution in [2.24, 2.45) is 28.6 Å². The predicted molar refractivity (Wildman–Crippen MR) is 95.7 cm³/mol. The number of carbonyl (C=O) groups excluding carboxylic acids is 3. The summed E-state index contributed by atoms with van der Waals surface area (Å²) in [5, 5.41) is 10.5. The maximum Gasteiger partial charge on any atom is 0.310 e. The molecule has 2 unspecified atom stereocenters. The minimum absolute atomic E-state index is 0.0643. The van der Waals surface area contributed by atoms with Crippen molar-refractivity contribution in [3.63, 3.8) is 0 Å². The number of Topliss-reactive ketones (excluding diaryl/α,β-unsaturated/α-hetero) is 1. The quantitative estimate of drug-likeness (QED) is 0.774. The Bertz CT molecular complexity index is 800. The lowest BCUT2D eigenvalue weighted by Crippen LogP contribution is -2.64. The summed E-state index contributed by atoms with van der Waals surface area (Å²) in [7, 11) is 1.32. The van der Waals surface area contributed by atoms with E-state index in [9.17, 15) is 19.5 Å². The molecule has 2 aliphatic carbocycles. The number of rotatable bonds is 2. The molecule has 0 aromatic carbocycles. The van der Waals surface area contributed by atoms with Crippen molar-refractivity contribution in [2.45, 2.75) is 51.7 Å². The van der Waals surface area contributed by atoms with Crippen LogP contribution in [0.1, 0.15) is 51.2 Å². The van der Waals surface area contributed by atoms with Crippen LogP contribution in [-0.4, -0.2) is 36.0 Å². The molecule has 0 amide bonds. The Kier molecular flexibility index (Phi) is 4.41. The summed E-state index contributed by atoms with van der Waals surface area (Å²) in [4.78, 5) is 38.6. The number of aliphatic hydroxyl groups is 1. The number of ketones is 1. The molecule has 2 saturated carbocycles. The van der Waals surface area contributed by atoms with Crippen LogP contribution in [0.15, 0.2) is 23.0 Å². The van der Waals surface area contributed by atoms with Gasteiger partial charge in [-0.25, -0.2) is 0 Å². The van der Waals surface area contributed by atoms with Crippen LogP contribution in [-0.2, 0) is 23.9 Å². The SMILES string of the molecule is COC(=O)[C@@H]1C[C@@H](O)C(=O)C2[C@@]3(C)C[C@H](c4ccoc4)OC(=O)C3CC[C@]21C. The van der Waals surface area contributed by atoms with E-state index >= 15 is 0 Å². The van der Waals surface area contributed by atoms with Gasteiger partial charge in [0.25, 0.3) is 0 Å². The zero-order valence-corrected chi connectivity index (χ0v) is 16.3. The third-order valence-corrected chi connectivity index (χ3v) is 7.52. The average molecular weight is 390 g/mol. The molecule has 152 valence electrons. The zero-order valence-electron chi connectivity index (χ0n) is 16.3. The molecule has 2 heterocycles. The number of aliphatic hydroxyl groups excluding tert-OH is 1. The smallest absolute Gasteiger partial charge is 0.310 e. The molecule has 1 N–H and O–H groups in total. The fourth-order valence-corrected chi connectivity index (χ4v) is 6.17.